The van der Waals surface area contributed by atoms with E-state index in [4.69, 9.17) is 9.47 Å². The monoisotopic (exact) mass is 491 g/mol. The Balaban J connectivity index is 1.24. The van der Waals surface area contributed by atoms with Gasteiger partial charge < -0.3 is 20.1 Å². The second-order valence-electron chi connectivity index (χ2n) is 10.1. The van der Waals surface area contributed by atoms with E-state index in [9.17, 15) is 13.2 Å². The topological polar surface area (TPSA) is 45.8 Å². The number of alkyl halides is 3. The maximum Gasteiger partial charge on any atom is 0.416 e. The van der Waals surface area contributed by atoms with Crippen molar-refractivity contribution < 1.29 is 22.6 Å². The van der Waals surface area contributed by atoms with Crippen LogP contribution in [-0.2, 0) is 15.7 Å². The third-order valence-corrected chi connectivity index (χ3v) is 7.80. The Labute approximate surface area is 205 Å². The molecule has 3 aliphatic heterocycles. The molecule has 0 saturated carbocycles. The summed E-state index contributed by atoms with van der Waals surface area (Å²) in [6.45, 7) is 6.30. The first-order chi connectivity index (χ1) is 17.0. The third kappa shape index (κ3) is 5.93. The summed E-state index contributed by atoms with van der Waals surface area (Å²) >= 11 is 0. The molecule has 5 atom stereocenters. The van der Waals surface area contributed by atoms with Crippen LogP contribution in [0.2, 0.25) is 0 Å². The zero-order chi connectivity index (χ0) is 24.3. The fourth-order valence-electron chi connectivity index (χ4n) is 5.93. The normalized spacial score (nSPS) is 31.0. The molecule has 4 aliphatic rings. The summed E-state index contributed by atoms with van der Waals surface area (Å²) in [4.78, 5) is 2.42. The third-order valence-electron chi connectivity index (χ3n) is 7.80. The summed E-state index contributed by atoms with van der Waals surface area (Å²) in [6, 6.07) is 4.20. The summed E-state index contributed by atoms with van der Waals surface area (Å²) < 4.78 is 52.5. The van der Waals surface area contributed by atoms with Gasteiger partial charge in [-0.25, -0.2) is 0 Å². The molecule has 0 amide bonds. The van der Waals surface area contributed by atoms with Crippen LogP contribution in [0.4, 0.5) is 18.9 Å². The average molecular weight is 492 g/mol. The Morgan fingerprint density at radius 3 is 2.74 bits per heavy atom. The fourth-order valence-corrected chi connectivity index (χ4v) is 5.93. The highest BCUT2D eigenvalue weighted by Gasteiger charge is 2.44. The van der Waals surface area contributed by atoms with Gasteiger partial charge in [0.05, 0.1) is 31.0 Å². The van der Waals surface area contributed by atoms with E-state index in [1.54, 1.807) is 6.07 Å². The average Bonchev–Trinajstić information content (AvgIpc) is 2.88. The van der Waals surface area contributed by atoms with Crippen molar-refractivity contribution in [3.8, 4) is 0 Å². The molecular weight excluding hydrogens is 455 g/mol. The van der Waals surface area contributed by atoms with Crippen LogP contribution in [0.5, 0.6) is 0 Å². The van der Waals surface area contributed by atoms with E-state index in [0.29, 0.717) is 11.5 Å². The summed E-state index contributed by atoms with van der Waals surface area (Å²) in [7, 11) is 0. The Bertz CT molecular complexity index is 913. The van der Waals surface area contributed by atoms with Crippen LogP contribution < -0.4 is 10.6 Å². The number of ether oxygens (including phenoxy) is 2. The standard InChI is InChI=1S/C27H36F3N3O2/c28-27(29,30)20-7-10-24-23(17-20)26-22(25(32-24)19-5-2-1-3-6-19)9-8-21(35-26)18-31-11-4-12-33-13-15-34-16-14-33/h1-3,5,7,10,17,19,21-22,25-26,31-32H,4,6,8-9,11-16,18H2/t19?,21-,22+,25+,26+/m1/s1. The summed E-state index contributed by atoms with van der Waals surface area (Å²) in [6.07, 6.45) is 7.65. The molecule has 2 saturated heterocycles. The van der Waals surface area contributed by atoms with E-state index in [0.717, 1.165) is 77.3 Å². The summed E-state index contributed by atoms with van der Waals surface area (Å²) in [5.74, 6) is 0.450. The molecule has 192 valence electrons. The van der Waals surface area contributed by atoms with E-state index in [1.807, 2.05) is 0 Å². The van der Waals surface area contributed by atoms with Crippen LogP contribution >= 0.6 is 0 Å². The molecule has 0 aromatic heterocycles. The van der Waals surface area contributed by atoms with Crippen LogP contribution in [0.15, 0.2) is 42.5 Å². The van der Waals surface area contributed by atoms with Gasteiger partial charge in [-0.15, -0.1) is 0 Å². The minimum atomic E-state index is -4.37. The van der Waals surface area contributed by atoms with Crippen LogP contribution in [-0.4, -0.2) is 63.0 Å². The lowest BCUT2D eigenvalue weighted by atomic mass is 9.73. The van der Waals surface area contributed by atoms with Gasteiger partial charge in [0.1, 0.15) is 0 Å². The SMILES string of the molecule is FC(F)(F)c1ccc2c(c1)[C@H]1O[C@@H](CNCCCN3CCOCC3)CC[C@H]1[C@H](C1C=CC=CC1)N2. The van der Waals surface area contributed by atoms with Crippen molar-refractivity contribution in [3.63, 3.8) is 0 Å². The van der Waals surface area contributed by atoms with Crippen molar-refractivity contribution >= 4 is 5.69 Å². The fraction of sp³-hybridized carbons (Fsp3) is 0.630. The van der Waals surface area contributed by atoms with Crippen LogP contribution in [0, 0.1) is 11.8 Å². The molecule has 2 N–H and O–H groups in total. The molecule has 0 spiro atoms. The number of hydrogen-bond acceptors (Lipinski definition) is 5. The van der Waals surface area contributed by atoms with Crippen LogP contribution in [0.3, 0.4) is 0 Å². The van der Waals surface area contributed by atoms with E-state index < -0.39 is 11.7 Å². The molecule has 0 bridgehead atoms. The number of nitrogens with zero attached hydrogens (tertiary/aromatic N) is 1. The van der Waals surface area contributed by atoms with Gasteiger partial charge in [-0.1, -0.05) is 24.3 Å². The van der Waals surface area contributed by atoms with E-state index in [1.165, 1.54) is 12.1 Å². The number of halogens is 3. The predicted molar refractivity (Wildman–Crippen MR) is 130 cm³/mol. The number of benzene rings is 1. The number of morpholine rings is 1. The van der Waals surface area contributed by atoms with E-state index in [2.05, 4.69) is 39.8 Å². The van der Waals surface area contributed by atoms with Gasteiger partial charge in [0.2, 0.25) is 0 Å². The van der Waals surface area contributed by atoms with Gasteiger partial charge in [0, 0.05) is 48.8 Å². The Morgan fingerprint density at radius 1 is 1.11 bits per heavy atom. The van der Waals surface area contributed by atoms with Gasteiger partial charge in [-0.3, -0.25) is 4.90 Å². The largest absolute Gasteiger partial charge is 0.416 e. The van der Waals surface area contributed by atoms with E-state index >= 15 is 0 Å². The number of fused-ring (bicyclic) bond motifs is 3. The second kappa shape index (κ2) is 11.0. The van der Waals surface area contributed by atoms with Crippen molar-refractivity contribution in [3.05, 3.63) is 53.6 Å². The summed E-state index contributed by atoms with van der Waals surface area (Å²) in [5, 5.41) is 7.11. The molecule has 2 fully saturated rings. The zero-order valence-corrected chi connectivity index (χ0v) is 20.1. The highest BCUT2D eigenvalue weighted by molar-refractivity contribution is 5.58. The highest BCUT2D eigenvalue weighted by atomic mass is 19.4. The van der Waals surface area contributed by atoms with Crippen molar-refractivity contribution in [2.24, 2.45) is 11.8 Å². The van der Waals surface area contributed by atoms with Crippen LogP contribution in [0.1, 0.15) is 42.9 Å². The number of hydrogen-bond donors (Lipinski definition) is 2. The molecule has 3 heterocycles. The van der Waals surface area contributed by atoms with Gasteiger partial charge >= 0.3 is 6.18 Å². The van der Waals surface area contributed by atoms with Crippen molar-refractivity contribution in [1.29, 1.82) is 0 Å². The Kier molecular flexibility index (Phi) is 7.82. The first-order valence-electron chi connectivity index (χ1n) is 13.0. The molecule has 1 aromatic rings. The van der Waals surface area contributed by atoms with E-state index in [-0.39, 0.29) is 24.2 Å². The minimum absolute atomic E-state index is 0.00238. The molecule has 1 aromatic carbocycles. The van der Waals surface area contributed by atoms with Gasteiger partial charge in [0.25, 0.3) is 0 Å². The Hall–Kier alpha value is -1.87. The summed E-state index contributed by atoms with van der Waals surface area (Å²) in [5.41, 5.74) is 0.808. The van der Waals surface area contributed by atoms with Gasteiger partial charge in [-0.05, 0) is 57.0 Å². The molecule has 1 aliphatic carbocycles. The molecule has 5 rings (SSSR count). The first-order valence-corrected chi connectivity index (χ1v) is 13.0. The number of allylic oxidation sites excluding steroid dienone is 3. The lowest BCUT2D eigenvalue weighted by Gasteiger charge is -2.47. The maximum absolute atomic E-state index is 13.5. The highest BCUT2D eigenvalue weighted by Crippen LogP contribution is 2.49. The molecule has 1 unspecified atom stereocenters. The zero-order valence-electron chi connectivity index (χ0n) is 20.1. The van der Waals surface area contributed by atoms with Crippen molar-refractivity contribution in [2.45, 2.75) is 50.1 Å². The quantitative estimate of drug-likeness (QED) is 0.538. The smallest absolute Gasteiger partial charge is 0.381 e. The lowest BCUT2D eigenvalue weighted by molar-refractivity contribution is -0.138. The number of rotatable bonds is 7. The van der Waals surface area contributed by atoms with Crippen molar-refractivity contribution in [1.82, 2.24) is 10.2 Å². The number of nitrogens with one attached hydrogen (secondary N) is 2. The predicted octanol–water partition coefficient (Wildman–Crippen LogP) is 4.78. The Morgan fingerprint density at radius 2 is 1.97 bits per heavy atom. The number of anilines is 1. The minimum Gasteiger partial charge on any atom is -0.381 e. The second-order valence-corrected chi connectivity index (χ2v) is 10.1. The molecular formula is C27H36F3N3O2. The van der Waals surface area contributed by atoms with Gasteiger partial charge in [0.15, 0.2) is 0 Å². The van der Waals surface area contributed by atoms with Gasteiger partial charge in [-0.2, -0.15) is 13.2 Å². The molecule has 35 heavy (non-hydrogen) atoms. The molecule has 8 heteroatoms. The van der Waals surface area contributed by atoms with Crippen LogP contribution in [0.25, 0.3) is 0 Å². The van der Waals surface area contributed by atoms with Crippen molar-refractivity contribution in [2.75, 3.05) is 51.3 Å². The first kappa shape index (κ1) is 24.8. The lowest BCUT2D eigenvalue weighted by Crippen LogP contribution is -2.48. The maximum atomic E-state index is 13.5. The molecule has 0 radical (unpaired) electrons. The molecule has 5 nitrogen and oxygen atoms in total.